The van der Waals surface area contributed by atoms with Crippen LogP contribution in [0, 0.1) is 0 Å². The number of nitrogens with zero attached hydrogens (tertiary/aromatic N) is 4. The SMILES string of the molecule is CC(C)c1nncn1CCNC(=O)c1cn(C)c(=O)[nH]1. The van der Waals surface area contributed by atoms with Gasteiger partial charge in [0.15, 0.2) is 0 Å². The van der Waals surface area contributed by atoms with Gasteiger partial charge >= 0.3 is 5.69 Å². The van der Waals surface area contributed by atoms with Gasteiger partial charge in [-0.05, 0) is 0 Å². The summed E-state index contributed by atoms with van der Waals surface area (Å²) < 4.78 is 3.23. The lowest BCUT2D eigenvalue weighted by molar-refractivity contribution is 0.0947. The zero-order chi connectivity index (χ0) is 14.7. The Morgan fingerprint density at radius 1 is 1.50 bits per heavy atom. The van der Waals surface area contributed by atoms with E-state index in [4.69, 9.17) is 0 Å². The molecule has 2 N–H and O–H groups in total. The molecule has 0 fully saturated rings. The maximum absolute atomic E-state index is 11.8. The van der Waals surface area contributed by atoms with Gasteiger partial charge in [0, 0.05) is 32.3 Å². The molecule has 0 saturated carbocycles. The van der Waals surface area contributed by atoms with Crippen LogP contribution in [0.15, 0.2) is 17.3 Å². The number of carbonyl (C=O) groups excluding carboxylic acids is 1. The Kier molecular flexibility index (Phi) is 4.02. The lowest BCUT2D eigenvalue weighted by Crippen LogP contribution is -2.28. The summed E-state index contributed by atoms with van der Waals surface area (Å²) in [6, 6.07) is 0. The maximum atomic E-state index is 11.8. The van der Waals surface area contributed by atoms with E-state index in [2.05, 4.69) is 20.5 Å². The van der Waals surface area contributed by atoms with Gasteiger partial charge in [-0.25, -0.2) is 4.79 Å². The van der Waals surface area contributed by atoms with Crippen molar-refractivity contribution in [3.8, 4) is 0 Å². The number of hydrogen-bond donors (Lipinski definition) is 2. The van der Waals surface area contributed by atoms with Gasteiger partial charge in [-0.2, -0.15) is 0 Å². The highest BCUT2D eigenvalue weighted by Gasteiger charge is 2.11. The Bertz CT molecular complexity index is 651. The van der Waals surface area contributed by atoms with E-state index in [0.717, 1.165) is 5.82 Å². The number of imidazole rings is 1. The highest BCUT2D eigenvalue weighted by atomic mass is 16.2. The normalized spacial score (nSPS) is 11.0. The van der Waals surface area contributed by atoms with E-state index in [1.807, 2.05) is 18.4 Å². The van der Waals surface area contributed by atoms with Crippen molar-refractivity contribution >= 4 is 5.91 Å². The number of nitrogens with one attached hydrogen (secondary N) is 2. The van der Waals surface area contributed by atoms with Gasteiger partial charge in [-0.3, -0.25) is 4.79 Å². The average Bonchev–Trinajstić information content (AvgIpc) is 2.97. The summed E-state index contributed by atoms with van der Waals surface area (Å²) in [6.07, 6.45) is 3.11. The molecular formula is C12H18N6O2. The van der Waals surface area contributed by atoms with Gasteiger partial charge in [0.05, 0.1) is 0 Å². The van der Waals surface area contributed by atoms with Gasteiger partial charge in [0.1, 0.15) is 17.8 Å². The number of hydrogen-bond acceptors (Lipinski definition) is 4. The van der Waals surface area contributed by atoms with Crippen molar-refractivity contribution in [2.24, 2.45) is 7.05 Å². The number of amides is 1. The third-order valence-electron chi connectivity index (χ3n) is 2.93. The van der Waals surface area contributed by atoms with Gasteiger partial charge in [0.25, 0.3) is 5.91 Å². The summed E-state index contributed by atoms with van der Waals surface area (Å²) in [5.41, 5.74) is -0.0543. The number of rotatable bonds is 5. The highest BCUT2D eigenvalue weighted by molar-refractivity contribution is 5.91. The quantitative estimate of drug-likeness (QED) is 0.795. The Morgan fingerprint density at radius 3 is 2.85 bits per heavy atom. The smallest absolute Gasteiger partial charge is 0.325 e. The molecule has 1 amide bonds. The molecule has 0 aliphatic heterocycles. The van der Waals surface area contributed by atoms with Crippen LogP contribution in [0.5, 0.6) is 0 Å². The van der Waals surface area contributed by atoms with Crippen molar-refractivity contribution in [1.29, 1.82) is 0 Å². The fraction of sp³-hybridized carbons (Fsp3) is 0.500. The number of aryl methyl sites for hydroxylation is 1. The number of H-pyrrole nitrogens is 1. The molecule has 0 saturated heterocycles. The first-order valence-corrected chi connectivity index (χ1v) is 6.40. The topological polar surface area (TPSA) is 97.6 Å². The minimum atomic E-state index is -0.309. The van der Waals surface area contributed by atoms with E-state index in [1.165, 1.54) is 10.8 Å². The summed E-state index contributed by atoms with van der Waals surface area (Å²) in [4.78, 5) is 25.5. The predicted molar refractivity (Wildman–Crippen MR) is 72.5 cm³/mol. The molecule has 0 spiro atoms. The van der Waals surface area contributed by atoms with Crippen molar-refractivity contribution in [3.05, 3.63) is 34.5 Å². The molecule has 0 atom stereocenters. The van der Waals surface area contributed by atoms with Gasteiger partial charge in [0.2, 0.25) is 0 Å². The number of carbonyl (C=O) groups is 1. The molecule has 20 heavy (non-hydrogen) atoms. The maximum Gasteiger partial charge on any atom is 0.325 e. The molecule has 2 aromatic rings. The van der Waals surface area contributed by atoms with E-state index >= 15 is 0 Å². The summed E-state index contributed by atoms with van der Waals surface area (Å²) in [5.74, 6) is 0.855. The molecule has 2 aromatic heterocycles. The fourth-order valence-electron chi connectivity index (χ4n) is 1.87. The first kappa shape index (κ1) is 14.0. The van der Waals surface area contributed by atoms with Crippen LogP contribution in [0.3, 0.4) is 0 Å². The molecule has 0 aliphatic rings. The van der Waals surface area contributed by atoms with Gasteiger partial charge < -0.3 is 19.4 Å². The van der Waals surface area contributed by atoms with Crippen LogP contribution in [0.4, 0.5) is 0 Å². The van der Waals surface area contributed by atoms with Crippen LogP contribution in [0.2, 0.25) is 0 Å². The van der Waals surface area contributed by atoms with E-state index in [0.29, 0.717) is 13.1 Å². The van der Waals surface area contributed by atoms with Crippen LogP contribution < -0.4 is 11.0 Å². The molecule has 0 bridgehead atoms. The lowest BCUT2D eigenvalue weighted by Gasteiger charge is -2.09. The second-order valence-electron chi connectivity index (χ2n) is 4.88. The Balaban J connectivity index is 1.91. The standard InChI is InChI=1S/C12H18N6O2/c1-8(2)10-16-14-7-18(10)5-4-13-11(19)9-6-17(3)12(20)15-9/h6-8H,4-5H2,1-3H3,(H,13,19)(H,15,20). The molecule has 8 heteroatoms. The van der Waals surface area contributed by atoms with Crippen molar-refractivity contribution in [3.63, 3.8) is 0 Å². The summed E-state index contributed by atoms with van der Waals surface area (Å²) in [7, 11) is 1.59. The fourth-order valence-corrected chi connectivity index (χ4v) is 1.87. The Labute approximate surface area is 115 Å². The largest absolute Gasteiger partial charge is 0.349 e. The molecule has 8 nitrogen and oxygen atoms in total. The minimum absolute atomic E-state index is 0.255. The van der Waals surface area contributed by atoms with Crippen LogP contribution in [-0.2, 0) is 13.6 Å². The van der Waals surface area contributed by atoms with E-state index in [1.54, 1.807) is 13.4 Å². The molecular weight excluding hydrogens is 260 g/mol. The van der Waals surface area contributed by atoms with E-state index < -0.39 is 0 Å². The number of aromatic amines is 1. The van der Waals surface area contributed by atoms with Gasteiger partial charge in [-0.15, -0.1) is 10.2 Å². The van der Waals surface area contributed by atoms with Crippen LogP contribution in [0.1, 0.15) is 36.1 Å². The van der Waals surface area contributed by atoms with Crippen molar-refractivity contribution < 1.29 is 4.79 Å². The van der Waals surface area contributed by atoms with Crippen molar-refractivity contribution in [2.45, 2.75) is 26.3 Å². The third kappa shape index (κ3) is 2.95. The first-order chi connectivity index (χ1) is 9.49. The van der Waals surface area contributed by atoms with Crippen LogP contribution >= 0.6 is 0 Å². The second-order valence-corrected chi connectivity index (χ2v) is 4.88. The second kappa shape index (κ2) is 5.72. The van der Waals surface area contributed by atoms with Crippen LogP contribution in [-0.4, -0.2) is 36.8 Å². The lowest BCUT2D eigenvalue weighted by atomic mass is 10.2. The Morgan fingerprint density at radius 2 is 2.25 bits per heavy atom. The minimum Gasteiger partial charge on any atom is -0.349 e. The molecule has 0 aromatic carbocycles. The van der Waals surface area contributed by atoms with Crippen molar-refractivity contribution in [1.82, 2.24) is 29.6 Å². The molecule has 0 radical (unpaired) electrons. The molecule has 0 aliphatic carbocycles. The third-order valence-corrected chi connectivity index (χ3v) is 2.93. The van der Waals surface area contributed by atoms with Crippen LogP contribution in [0.25, 0.3) is 0 Å². The zero-order valence-corrected chi connectivity index (χ0v) is 11.8. The predicted octanol–water partition coefficient (Wildman–Crippen LogP) is -0.142. The zero-order valence-electron chi connectivity index (χ0n) is 11.8. The first-order valence-electron chi connectivity index (χ1n) is 6.40. The van der Waals surface area contributed by atoms with E-state index in [9.17, 15) is 9.59 Å². The summed E-state index contributed by atoms with van der Waals surface area (Å²) in [6.45, 7) is 5.10. The average molecular weight is 278 g/mol. The summed E-state index contributed by atoms with van der Waals surface area (Å²) in [5, 5.41) is 10.6. The Hall–Kier alpha value is -2.38. The molecule has 2 heterocycles. The molecule has 2 rings (SSSR count). The number of aromatic nitrogens is 5. The molecule has 0 unspecified atom stereocenters. The monoisotopic (exact) mass is 278 g/mol. The molecule has 108 valence electrons. The summed E-state index contributed by atoms with van der Waals surface area (Å²) >= 11 is 0. The van der Waals surface area contributed by atoms with E-state index in [-0.39, 0.29) is 23.2 Å². The van der Waals surface area contributed by atoms with Gasteiger partial charge in [-0.1, -0.05) is 13.8 Å². The van der Waals surface area contributed by atoms with Crippen molar-refractivity contribution in [2.75, 3.05) is 6.54 Å². The highest BCUT2D eigenvalue weighted by Crippen LogP contribution is 2.09.